The van der Waals surface area contributed by atoms with Gasteiger partial charge in [0.15, 0.2) is 6.10 Å². The third kappa shape index (κ3) is 5.82. The van der Waals surface area contributed by atoms with E-state index in [0.717, 1.165) is 24.3 Å². The summed E-state index contributed by atoms with van der Waals surface area (Å²) in [6, 6.07) is 8.97. The molecule has 0 aliphatic carbocycles. The summed E-state index contributed by atoms with van der Waals surface area (Å²) in [7, 11) is 1.33. The van der Waals surface area contributed by atoms with Crippen molar-refractivity contribution in [2.45, 2.75) is 19.2 Å². The fourth-order valence-electron chi connectivity index (χ4n) is 2.20. The van der Waals surface area contributed by atoms with Crippen LogP contribution in [0.3, 0.4) is 0 Å². The van der Waals surface area contributed by atoms with Gasteiger partial charge in [0.05, 0.1) is 23.8 Å². The van der Waals surface area contributed by atoms with Crippen molar-refractivity contribution >= 4 is 17.6 Å². The van der Waals surface area contributed by atoms with Gasteiger partial charge in [0.2, 0.25) is 0 Å². The van der Waals surface area contributed by atoms with Crippen molar-refractivity contribution in [1.82, 2.24) is 0 Å². The van der Waals surface area contributed by atoms with Crippen molar-refractivity contribution in [3.05, 3.63) is 64.9 Å². The molecule has 0 aliphatic rings. The van der Waals surface area contributed by atoms with Crippen LogP contribution < -0.4 is 9.47 Å². The van der Waals surface area contributed by atoms with Crippen molar-refractivity contribution in [3.8, 4) is 17.2 Å². The molecule has 1 N–H and O–H groups in total. The van der Waals surface area contributed by atoms with E-state index in [1.54, 1.807) is 19.1 Å². The molecular weight excluding hydrogens is 401 g/mol. The van der Waals surface area contributed by atoms with E-state index in [1.807, 2.05) is 0 Å². The number of hydrogen-bond acceptors (Lipinski definition) is 4. The predicted molar refractivity (Wildman–Crippen MR) is 95.8 cm³/mol. The zero-order chi connectivity index (χ0) is 20.9. The van der Waals surface area contributed by atoms with E-state index in [4.69, 9.17) is 30.9 Å². The van der Waals surface area contributed by atoms with Crippen LogP contribution in [-0.4, -0.2) is 24.3 Å². The Balaban J connectivity index is 2.08. The monoisotopic (exact) mass is 416 g/mol. The average Bonchev–Trinajstić information content (AvgIpc) is 2.61. The highest BCUT2D eigenvalue weighted by Crippen LogP contribution is 2.36. The lowest BCUT2D eigenvalue weighted by Crippen LogP contribution is -2.17. The molecule has 0 spiro atoms. The molecule has 0 saturated heterocycles. The number of carboxylic acid groups (broad SMARTS) is 1. The van der Waals surface area contributed by atoms with Gasteiger partial charge >= 0.3 is 12.1 Å². The third-order valence-electron chi connectivity index (χ3n) is 3.53. The molecule has 9 heteroatoms. The van der Waals surface area contributed by atoms with Crippen LogP contribution in [0, 0.1) is 0 Å². The van der Waals surface area contributed by atoms with Gasteiger partial charge in [-0.25, -0.2) is 4.79 Å². The number of aliphatic carboxylic acids is 1. The lowest BCUT2D eigenvalue weighted by molar-refractivity contribution is -0.137. The standard InChI is InChI=1S/C19H16ClF3O5/c1-11(17(26-2)10-18(24)25)27-13-4-6-14(7-5-13)28-16-8-3-12(9-15(16)20)19(21,22)23/h3-11H,1-2H3,(H,24,25). The molecule has 1 unspecified atom stereocenters. The first-order chi connectivity index (χ1) is 13.1. The Morgan fingerprint density at radius 3 is 2.25 bits per heavy atom. The normalized spacial score (nSPS) is 13.0. The number of rotatable bonds is 7. The lowest BCUT2D eigenvalue weighted by atomic mass is 10.2. The molecule has 150 valence electrons. The topological polar surface area (TPSA) is 65.0 Å². The molecule has 2 rings (SSSR count). The third-order valence-corrected chi connectivity index (χ3v) is 3.82. The first-order valence-electron chi connectivity index (χ1n) is 7.90. The molecule has 0 heterocycles. The van der Waals surface area contributed by atoms with Crippen LogP contribution in [0.1, 0.15) is 12.5 Å². The lowest BCUT2D eigenvalue weighted by Gasteiger charge is -2.17. The first-order valence-corrected chi connectivity index (χ1v) is 8.27. The molecular formula is C19H16ClF3O5. The van der Waals surface area contributed by atoms with E-state index >= 15 is 0 Å². The maximum absolute atomic E-state index is 12.7. The summed E-state index contributed by atoms with van der Waals surface area (Å²) in [5, 5.41) is 8.62. The van der Waals surface area contributed by atoms with Gasteiger partial charge < -0.3 is 19.3 Å². The van der Waals surface area contributed by atoms with E-state index in [9.17, 15) is 18.0 Å². The predicted octanol–water partition coefficient (Wildman–Crippen LogP) is 5.53. The second-order valence-corrected chi connectivity index (χ2v) is 5.97. The molecule has 0 amide bonds. The van der Waals surface area contributed by atoms with E-state index in [1.165, 1.54) is 19.2 Å². The van der Waals surface area contributed by atoms with E-state index < -0.39 is 23.8 Å². The molecule has 2 aromatic carbocycles. The van der Waals surface area contributed by atoms with Crippen molar-refractivity contribution in [1.29, 1.82) is 0 Å². The Morgan fingerprint density at radius 1 is 1.14 bits per heavy atom. The minimum atomic E-state index is -4.49. The second-order valence-electron chi connectivity index (χ2n) is 5.57. The summed E-state index contributed by atoms with van der Waals surface area (Å²) in [5.74, 6) is -0.224. The van der Waals surface area contributed by atoms with Gasteiger partial charge in [-0.2, -0.15) is 13.2 Å². The number of carboxylic acids is 1. The van der Waals surface area contributed by atoms with E-state index in [-0.39, 0.29) is 16.5 Å². The second kappa shape index (κ2) is 8.88. The minimum absolute atomic E-state index is 0.0720. The fraction of sp³-hybridized carbons (Fsp3) is 0.211. The number of benzene rings is 2. The molecule has 0 fully saturated rings. The number of alkyl halides is 3. The van der Waals surface area contributed by atoms with Crippen LogP contribution >= 0.6 is 11.6 Å². The minimum Gasteiger partial charge on any atom is -0.497 e. The molecule has 0 aromatic heterocycles. The van der Waals surface area contributed by atoms with Gasteiger partial charge in [-0.1, -0.05) is 11.6 Å². The van der Waals surface area contributed by atoms with E-state index in [2.05, 4.69) is 0 Å². The number of hydrogen-bond donors (Lipinski definition) is 1. The Bertz CT molecular complexity index is 863. The van der Waals surface area contributed by atoms with Crippen molar-refractivity contribution in [2.24, 2.45) is 0 Å². The van der Waals surface area contributed by atoms with Crippen LogP contribution in [0.2, 0.25) is 5.02 Å². The van der Waals surface area contributed by atoms with Crippen LogP contribution in [0.15, 0.2) is 54.3 Å². The molecule has 0 bridgehead atoms. The first kappa shape index (κ1) is 21.4. The molecule has 0 saturated carbocycles. The Labute approximate surface area is 163 Å². The van der Waals surface area contributed by atoms with Crippen molar-refractivity contribution in [3.63, 3.8) is 0 Å². The SMILES string of the molecule is COC(=CC(=O)O)C(C)Oc1ccc(Oc2ccc(C(F)(F)F)cc2Cl)cc1. The number of ether oxygens (including phenoxy) is 3. The maximum atomic E-state index is 12.7. The van der Waals surface area contributed by atoms with Crippen LogP contribution in [0.5, 0.6) is 17.2 Å². The van der Waals surface area contributed by atoms with Crippen LogP contribution in [0.25, 0.3) is 0 Å². The Morgan fingerprint density at radius 2 is 1.75 bits per heavy atom. The van der Waals surface area contributed by atoms with Gasteiger partial charge in [0.25, 0.3) is 0 Å². The Hall–Kier alpha value is -2.87. The Kier molecular flexibility index (Phi) is 6.80. The molecule has 0 radical (unpaired) electrons. The quantitative estimate of drug-likeness (QED) is 0.474. The van der Waals surface area contributed by atoms with Crippen LogP contribution in [0.4, 0.5) is 13.2 Å². The van der Waals surface area contributed by atoms with Crippen molar-refractivity contribution in [2.75, 3.05) is 7.11 Å². The maximum Gasteiger partial charge on any atom is 0.416 e. The molecule has 2 aromatic rings. The van der Waals surface area contributed by atoms with Gasteiger partial charge in [-0.05, 0) is 49.4 Å². The summed E-state index contributed by atoms with van der Waals surface area (Å²) >= 11 is 5.86. The zero-order valence-corrected chi connectivity index (χ0v) is 15.5. The molecule has 28 heavy (non-hydrogen) atoms. The summed E-state index contributed by atoms with van der Waals surface area (Å²) in [4.78, 5) is 10.7. The highest BCUT2D eigenvalue weighted by molar-refractivity contribution is 6.32. The van der Waals surface area contributed by atoms with Crippen LogP contribution in [-0.2, 0) is 15.7 Å². The summed E-state index contributed by atoms with van der Waals surface area (Å²) in [6.45, 7) is 1.62. The smallest absolute Gasteiger partial charge is 0.416 e. The largest absolute Gasteiger partial charge is 0.497 e. The number of carbonyl (C=O) groups is 1. The highest BCUT2D eigenvalue weighted by atomic mass is 35.5. The van der Waals surface area contributed by atoms with Gasteiger partial charge in [-0.3, -0.25) is 0 Å². The summed E-state index contributed by atoms with van der Waals surface area (Å²) in [5.41, 5.74) is -0.869. The average molecular weight is 417 g/mol. The molecule has 5 nitrogen and oxygen atoms in total. The molecule has 0 aliphatic heterocycles. The fourth-order valence-corrected chi connectivity index (χ4v) is 2.42. The number of halogens is 4. The van der Waals surface area contributed by atoms with Gasteiger partial charge in [0.1, 0.15) is 23.0 Å². The zero-order valence-electron chi connectivity index (χ0n) is 14.8. The van der Waals surface area contributed by atoms with Crippen molar-refractivity contribution < 1.29 is 37.3 Å². The summed E-state index contributed by atoms with van der Waals surface area (Å²) in [6.07, 6.45) is -4.25. The van der Waals surface area contributed by atoms with E-state index in [0.29, 0.717) is 11.5 Å². The highest BCUT2D eigenvalue weighted by Gasteiger charge is 2.31. The summed E-state index contributed by atoms with van der Waals surface area (Å²) < 4.78 is 54.1. The van der Waals surface area contributed by atoms with Gasteiger partial charge in [-0.15, -0.1) is 0 Å². The number of methoxy groups -OCH3 is 1. The van der Waals surface area contributed by atoms with Gasteiger partial charge in [0, 0.05) is 0 Å². The molecule has 1 atom stereocenters.